The summed E-state index contributed by atoms with van der Waals surface area (Å²) in [7, 11) is 1.46. The Bertz CT molecular complexity index is 821. The summed E-state index contributed by atoms with van der Waals surface area (Å²) in [5.41, 5.74) is 1.79. The zero-order chi connectivity index (χ0) is 18.2. The molecule has 0 radical (unpaired) electrons. The maximum atomic E-state index is 13.4. The van der Waals surface area contributed by atoms with Gasteiger partial charge >= 0.3 is 5.97 Å². The number of aliphatic hydroxyl groups is 1. The highest BCUT2D eigenvalue weighted by atomic mass is 16.5. The molecular weight excluding hydrogens is 328 g/mol. The van der Waals surface area contributed by atoms with E-state index in [0.29, 0.717) is 0 Å². The SMILES string of the molecule is CC=C1CN2CCC34c5ccccc5NC23CCC1C4(CO)C(=O)OC. The highest BCUT2D eigenvalue weighted by Gasteiger charge is 2.80. The fraction of sp³-hybridized carbons (Fsp3) is 0.571. The van der Waals surface area contributed by atoms with Gasteiger partial charge in [-0.3, -0.25) is 9.69 Å². The summed E-state index contributed by atoms with van der Waals surface area (Å²) in [6, 6.07) is 8.33. The molecule has 1 saturated carbocycles. The highest BCUT2D eigenvalue weighted by Crippen LogP contribution is 2.72. The van der Waals surface area contributed by atoms with Gasteiger partial charge in [0.1, 0.15) is 11.1 Å². The topological polar surface area (TPSA) is 61.8 Å². The number of ether oxygens (including phenoxy) is 1. The van der Waals surface area contributed by atoms with E-state index in [2.05, 4.69) is 35.3 Å². The number of rotatable bonds is 2. The van der Waals surface area contributed by atoms with Crippen molar-refractivity contribution in [3.63, 3.8) is 0 Å². The van der Waals surface area contributed by atoms with Crippen LogP contribution in [-0.2, 0) is 14.9 Å². The predicted molar refractivity (Wildman–Crippen MR) is 98.7 cm³/mol. The number of anilines is 1. The first kappa shape index (κ1) is 16.3. The van der Waals surface area contributed by atoms with Crippen LogP contribution in [0.25, 0.3) is 0 Å². The number of esters is 1. The van der Waals surface area contributed by atoms with Crippen molar-refractivity contribution in [2.24, 2.45) is 11.3 Å². The molecule has 4 heterocycles. The molecular formula is C21H26N2O3. The van der Waals surface area contributed by atoms with Crippen LogP contribution >= 0.6 is 0 Å². The van der Waals surface area contributed by atoms with Crippen LogP contribution in [0.3, 0.4) is 0 Å². The Morgan fingerprint density at radius 2 is 2.23 bits per heavy atom. The Kier molecular flexibility index (Phi) is 3.21. The van der Waals surface area contributed by atoms with Crippen LogP contribution in [0.2, 0.25) is 0 Å². The monoisotopic (exact) mass is 354 g/mol. The average molecular weight is 354 g/mol. The minimum Gasteiger partial charge on any atom is -0.468 e. The Hall–Kier alpha value is -1.85. The third kappa shape index (κ3) is 1.43. The maximum absolute atomic E-state index is 13.4. The first-order valence-electron chi connectivity index (χ1n) is 9.58. The summed E-state index contributed by atoms with van der Waals surface area (Å²) < 4.78 is 5.38. The van der Waals surface area contributed by atoms with Crippen molar-refractivity contribution in [3.05, 3.63) is 41.5 Å². The van der Waals surface area contributed by atoms with Crippen molar-refractivity contribution >= 4 is 11.7 Å². The van der Waals surface area contributed by atoms with Crippen molar-refractivity contribution in [2.75, 3.05) is 32.1 Å². The molecule has 4 bridgehead atoms. The molecule has 1 aromatic rings. The number of carbonyl (C=O) groups is 1. The minimum atomic E-state index is -0.952. The fourth-order valence-electron chi connectivity index (χ4n) is 7.01. The quantitative estimate of drug-likeness (QED) is 0.630. The number of nitrogens with zero attached hydrogens (tertiary/aromatic N) is 1. The third-order valence-corrected chi connectivity index (χ3v) is 7.87. The normalized spacial score (nSPS) is 43.6. The van der Waals surface area contributed by atoms with Gasteiger partial charge in [-0.25, -0.2) is 0 Å². The molecule has 1 aliphatic carbocycles. The number of hydrogen-bond acceptors (Lipinski definition) is 5. The number of aliphatic hydroxyl groups excluding tert-OH is 1. The van der Waals surface area contributed by atoms with Gasteiger partial charge in [0.25, 0.3) is 0 Å². The van der Waals surface area contributed by atoms with Crippen molar-refractivity contribution in [2.45, 2.75) is 37.3 Å². The standard InChI is InChI=1S/C21H26N2O3/c1-3-14-12-23-11-10-20-16-6-4-5-7-17(16)22-21(20,23)9-8-15(14)19(20,13-24)18(25)26-2/h3-7,15,22,24H,8-13H2,1-2H3. The van der Waals surface area contributed by atoms with Gasteiger partial charge in [-0.05, 0) is 37.8 Å². The first-order valence-corrected chi connectivity index (χ1v) is 9.58. The molecule has 6 rings (SSSR count). The van der Waals surface area contributed by atoms with Crippen LogP contribution in [0.5, 0.6) is 0 Å². The molecule has 5 nitrogen and oxygen atoms in total. The number of nitrogens with one attached hydrogen (secondary N) is 1. The van der Waals surface area contributed by atoms with E-state index in [9.17, 15) is 9.90 Å². The van der Waals surface area contributed by atoms with E-state index in [4.69, 9.17) is 4.74 Å². The lowest BCUT2D eigenvalue weighted by Crippen LogP contribution is -2.70. The summed E-state index contributed by atoms with van der Waals surface area (Å²) in [6.07, 6.45) is 4.87. The fourth-order valence-corrected chi connectivity index (χ4v) is 7.01. The van der Waals surface area contributed by atoms with Gasteiger partial charge in [-0.1, -0.05) is 29.8 Å². The number of carbonyl (C=O) groups excluding carboxylic acids is 1. The number of benzene rings is 1. The summed E-state index contributed by atoms with van der Waals surface area (Å²) in [5.74, 6) is -0.257. The van der Waals surface area contributed by atoms with Crippen LogP contribution in [0.1, 0.15) is 31.7 Å². The number of para-hydroxylation sites is 1. The van der Waals surface area contributed by atoms with E-state index < -0.39 is 10.8 Å². The lowest BCUT2D eigenvalue weighted by atomic mass is 9.46. The molecule has 4 fully saturated rings. The van der Waals surface area contributed by atoms with Crippen LogP contribution < -0.4 is 5.32 Å². The Morgan fingerprint density at radius 3 is 2.96 bits per heavy atom. The predicted octanol–water partition coefficient (Wildman–Crippen LogP) is 2.27. The molecule has 0 aromatic heterocycles. The van der Waals surface area contributed by atoms with Crippen LogP contribution in [0.15, 0.2) is 35.9 Å². The largest absolute Gasteiger partial charge is 0.468 e. The molecule has 5 unspecified atom stereocenters. The third-order valence-electron chi connectivity index (χ3n) is 7.87. The van der Waals surface area contributed by atoms with Gasteiger partial charge in [0.2, 0.25) is 0 Å². The maximum Gasteiger partial charge on any atom is 0.315 e. The van der Waals surface area contributed by atoms with E-state index in [0.717, 1.165) is 38.0 Å². The highest BCUT2D eigenvalue weighted by molar-refractivity contribution is 5.85. The van der Waals surface area contributed by atoms with Crippen LogP contribution in [-0.4, -0.2) is 48.4 Å². The Labute approximate surface area is 154 Å². The summed E-state index contributed by atoms with van der Waals surface area (Å²) in [5, 5.41) is 14.6. The second-order valence-electron chi connectivity index (χ2n) is 8.18. The van der Waals surface area contributed by atoms with Gasteiger partial charge in [0.05, 0.1) is 19.1 Å². The van der Waals surface area contributed by atoms with Crippen molar-refractivity contribution in [3.8, 4) is 0 Å². The molecule has 1 aromatic carbocycles. The molecule has 5 aliphatic rings. The average Bonchev–Trinajstić information content (AvgIpc) is 3.06. The number of methoxy groups -OCH3 is 1. The molecule has 5 atom stereocenters. The smallest absolute Gasteiger partial charge is 0.315 e. The molecule has 5 heteroatoms. The van der Waals surface area contributed by atoms with Crippen molar-refractivity contribution in [1.29, 1.82) is 0 Å². The van der Waals surface area contributed by atoms with Gasteiger partial charge in [0, 0.05) is 24.7 Å². The van der Waals surface area contributed by atoms with Crippen molar-refractivity contribution in [1.82, 2.24) is 4.90 Å². The van der Waals surface area contributed by atoms with Gasteiger partial charge in [-0.2, -0.15) is 0 Å². The Balaban J connectivity index is 1.90. The summed E-state index contributed by atoms with van der Waals surface area (Å²) in [6.45, 7) is 3.63. The number of allylic oxidation sites excluding steroid dienone is 1. The summed E-state index contributed by atoms with van der Waals surface area (Å²) >= 11 is 0. The van der Waals surface area contributed by atoms with Crippen LogP contribution in [0, 0.1) is 11.3 Å². The lowest BCUT2D eigenvalue weighted by Gasteiger charge is -2.57. The second kappa shape index (κ2) is 5.11. The molecule has 0 amide bonds. The first-order chi connectivity index (χ1) is 12.6. The number of hydrogen-bond donors (Lipinski definition) is 2. The molecule has 3 saturated heterocycles. The minimum absolute atomic E-state index is 0.0105. The van der Waals surface area contributed by atoms with E-state index >= 15 is 0 Å². The summed E-state index contributed by atoms with van der Waals surface area (Å²) in [4.78, 5) is 15.9. The molecule has 26 heavy (non-hydrogen) atoms. The van der Waals surface area contributed by atoms with Crippen LogP contribution in [0.4, 0.5) is 5.69 Å². The number of fused-ring (bicyclic) bond motifs is 3. The van der Waals surface area contributed by atoms with Crippen molar-refractivity contribution < 1.29 is 14.6 Å². The lowest BCUT2D eigenvalue weighted by molar-refractivity contribution is -0.174. The van der Waals surface area contributed by atoms with E-state index in [1.807, 2.05) is 12.1 Å². The second-order valence-corrected chi connectivity index (χ2v) is 8.18. The molecule has 4 aliphatic heterocycles. The van der Waals surface area contributed by atoms with E-state index in [1.54, 1.807) is 0 Å². The zero-order valence-electron chi connectivity index (χ0n) is 15.4. The Morgan fingerprint density at radius 1 is 1.42 bits per heavy atom. The molecule has 1 spiro atoms. The van der Waals surface area contributed by atoms with E-state index in [-0.39, 0.29) is 24.2 Å². The van der Waals surface area contributed by atoms with Gasteiger partial charge < -0.3 is 15.2 Å². The zero-order valence-corrected chi connectivity index (χ0v) is 15.4. The molecule has 138 valence electrons. The van der Waals surface area contributed by atoms with Gasteiger partial charge in [0.15, 0.2) is 0 Å². The van der Waals surface area contributed by atoms with Gasteiger partial charge in [-0.15, -0.1) is 0 Å². The van der Waals surface area contributed by atoms with E-state index in [1.165, 1.54) is 18.2 Å². The molecule has 2 N–H and O–H groups in total.